The van der Waals surface area contributed by atoms with Gasteiger partial charge in [0.1, 0.15) is 11.5 Å². The Balaban J connectivity index is 1.61. The van der Waals surface area contributed by atoms with Crippen LogP contribution >= 0.6 is 0 Å². The summed E-state index contributed by atoms with van der Waals surface area (Å²) in [5.41, 5.74) is 11.7. The Kier molecular flexibility index (Phi) is 5.61. The van der Waals surface area contributed by atoms with Gasteiger partial charge in [-0.05, 0) is 43.2 Å². The van der Waals surface area contributed by atoms with Crippen molar-refractivity contribution in [1.29, 1.82) is 0 Å². The van der Waals surface area contributed by atoms with Crippen LogP contribution in [0.25, 0.3) is 0 Å². The third kappa shape index (κ3) is 3.75. The summed E-state index contributed by atoms with van der Waals surface area (Å²) in [7, 11) is -3.57. The van der Waals surface area contributed by atoms with Crippen LogP contribution in [0.15, 0.2) is 35.1 Å². The van der Waals surface area contributed by atoms with Crippen LogP contribution in [0, 0.1) is 11.3 Å². The lowest BCUT2D eigenvalue weighted by Crippen LogP contribution is -2.39. The number of hydrogen-bond acceptors (Lipinski definition) is 6. The largest absolute Gasteiger partial charge is 0.473 e. The molecule has 2 fully saturated rings. The minimum absolute atomic E-state index is 0.0252. The van der Waals surface area contributed by atoms with Crippen molar-refractivity contribution >= 4 is 10.0 Å². The summed E-state index contributed by atoms with van der Waals surface area (Å²) in [5.74, 6) is 0.764. The molecule has 1 saturated heterocycles. The Morgan fingerprint density at radius 1 is 1.38 bits per heavy atom. The van der Waals surface area contributed by atoms with Crippen LogP contribution < -0.4 is 16.2 Å². The molecule has 1 atom stereocenters. The van der Waals surface area contributed by atoms with Crippen LogP contribution in [0.5, 0.6) is 5.88 Å². The lowest BCUT2D eigenvalue weighted by molar-refractivity contribution is 0.241. The van der Waals surface area contributed by atoms with Crippen molar-refractivity contribution in [2.24, 2.45) is 22.8 Å². The highest BCUT2D eigenvalue weighted by atomic mass is 32.2. The van der Waals surface area contributed by atoms with Gasteiger partial charge in [-0.2, -0.15) is 4.31 Å². The van der Waals surface area contributed by atoms with Gasteiger partial charge in [-0.25, -0.2) is 17.8 Å². The summed E-state index contributed by atoms with van der Waals surface area (Å²) in [6, 6.07) is 2.93. The Morgan fingerprint density at radius 2 is 2.12 bits per heavy atom. The molecule has 0 bridgehead atoms. The second kappa shape index (κ2) is 7.59. The normalized spacial score (nSPS) is 23.2. The maximum Gasteiger partial charge on any atom is 0.244 e. The SMILES string of the molecule is NC/C(=C\F)COc1ccc(S(=O)(=O)N2CCC3(CC2)CC3CN)cn1. The third-order valence-corrected chi connectivity index (χ3v) is 7.41. The van der Waals surface area contributed by atoms with E-state index in [4.69, 9.17) is 16.2 Å². The van der Waals surface area contributed by atoms with Crippen molar-refractivity contribution in [3.05, 3.63) is 30.2 Å². The summed E-state index contributed by atoms with van der Waals surface area (Å²) < 4.78 is 44.8. The smallest absolute Gasteiger partial charge is 0.244 e. The fourth-order valence-corrected chi connectivity index (χ4v) is 4.99. The highest BCUT2D eigenvalue weighted by Gasteiger charge is 2.54. The monoisotopic (exact) mass is 384 g/mol. The Hall–Kier alpha value is -1.55. The van der Waals surface area contributed by atoms with E-state index < -0.39 is 10.0 Å². The fraction of sp³-hybridized carbons (Fsp3) is 0.588. The van der Waals surface area contributed by atoms with Gasteiger partial charge in [0.05, 0.1) is 12.5 Å². The molecule has 2 heterocycles. The molecule has 0 radical (unpaired) electrons. The number of rotatable bonds is 7. The fourth-order valence-electron chi connectivity index (χ4n) is 3.60. The van der Waals surface area contributed by atoms with Crippen molar-refractivity contribution in [3.8, 4) is 5.88 Å². The van der Waals surface area contributed by atoms with E-state index in [1.165, 1.54) is 22.6 Å². The molecule has 1 aliphatic carbocycles. The molecule has 1 unspecified atom stereocenters. The molecule has 3 rings (SSSR count). The van der Waals surface area contributed by atoms with Gasteiger partial charge in [-0.15, -0.1) is 0 Å². The lowest BCUT2D eigenvalue weighted by Gasteiger charge is -2.32. The summed E-state index contributed by atoms with van der Waals surface area (Å²) in [4.78, 5) is 4.14. The topological polar surface area (TPSA) is 112 Å². The second-order valence-electron chi connectivity index (χ2n) is 7.00. The molecule has 1 aliphatic heterocycles. The zero-order valence-electron chi connectivity index (χ0n) is 14.6. The van der Waals surface area contributed by atoms with Crippen LogP contribution in [-0.4, -0.2) is 50.5 Å². The Bertz CT molecular complexity index is 759. The molecule has 26 heavy (non-hydrogen) atoms. The van der Waals surface area contributed by atoms with E-state index in [1.807, 2.05) is 0 Å². The van der Waals surface area contributed by atoms with Crippen LogP contribution in [0.4, 0.5) is 4.39 Å². The van der Waals surface area contributed by atoms with Gasteiger partial charge in [0.25, 0.3) is 0 Å². The number of sulfonamides is 1. The van der Waals surface area contributed by atoms with Gasteiger partial charge in [0.15, 0.2) is 0 Å². The molecule has 0 aromatic carbocycles. The highest BCUT2D eigenvalue weighted by Crippen LogP contribution is 2.59. The van der Waals surface area contributed by atoms with E-state index in [-0.39, 0.29) is 29.3 Å². The predicted molar refractivity (Wildman–Crippen MR) is 95.6 cm³/mol. The van der Waals surface area contributed by atoms with Gasteiger partial charge in [0.2, 0.25) is 15.9 Å². The molecule has 7 nitrogen and oxygen atoms in total. The standard InChI is InChI=1S/C17H25FN4O3S/c18-8-13(9-19)12-25-16-2-1-15(11-21-16)26(23,24)22-5-3-17(4-6-22)7-14(17)10-20/h1-2,8,11,14H,3-7,9-10,12,19-20H2/b13-8+. The van der Waals surface area contributed by atoms with E-state index in [0.29, 0.717) is 37.5 Å². The third-order valence-electron chi connectivity index (χ3n) is 5.53. The van der Waals surface area contributed by atoms with Crippen LogP contribution in [0.3, 0.4) is 0 Å². The van der Waals surface area contributed by atoms with Crippen molar-refractivity contribution in [1.82, 2.24) is 9.29 Å². The number of nitrogens with two attached hydrogens (primary N) is 2. The molecule has 9 heteroatoms. The summed E-state index contributed by atoms with van der Waals surface area (Å²) >= 11 is 0. The number of aromatic nitrogens is 1. The number of halogens is 1. The highest BCUT2D eigenvalue weighted by molar-refractivity contribution is 7.89. The van der Waals surface area contributed by atoms with Gasteiger partial charge < -0.3 is 16.2 Å². The molecule has 0 amide bonds. The van der Waals surface area contributed by atoms with Gasteiger partial charge in [-0.3, -0.25) is 0 Å². The average Bonchev–Trinajstić information content (AvgIpc) is 3.35. The Morgan fingerprint density at radius 3 is 2.62 bits per heavy atom. The number of ether oxygens (including phenoxy) is 1. The first kappa shape index (κ1) is 19.2. The average molecular weight is 384 g/mol. The summed E-state index contributed by atoms with van der Waals surface area (Å²) in [5, 5.41) is 0. The first-order chi connectivity index (χ1) is 12.4. The molecule has 1 saturated carbocycles. The Labute approximate surface area is 153 Å². The molecule has 1 aromatic rings. The van der Waals surface area contributed by atoms with Crippen LogP contribution in [0.1, 0.15) is 19.3 Å². The second-order valence-corrected chi connectivity index (χ2v) is 8.93. The number of hydrogen-bond donors (Lipinski definition) is 2. The molecule has 1 spiro atoms. The summed E-state index contributed by atoms with van der Waals surface area (Å²) in [6.45, 7) is 1.73. The molecular formula is C17H25FN4O3S. The molecule has 4 N–H and O–H groups in total. The van der Waals surface area contributed by atoms with Crippen LogP contribution in [-0.2, 0) is 10.0 Å². The van der Waals surface area contributed by atoms with E-state index >= 15 is 0 Å². The van der Waals surface area contributed by atoms with Crippen LogP contribution in [0.2, 0.25) is 0 Å². The molecular weight excluding hydrogens is 359 g/mol. The zero-order chi connectivity index (χ0) is 18.8. The van der Waals surface area contributed by atoms with E-state index in [2.05, 4.69) is 4.98 Å². The minimum Gasteiger partial charge on any atom is -0.473 e. The quantitative estimate of drug-likeness (QED) is 0.726. The van der Waals surface area contributed by atoms with Crippen molar-refractivity contribution in [2.75, 3.05) is 32.8 Å². The first-order valence-electron chi connectivity index (χ1n) is 8.72. The van der Waals surface area contributed by atoms with E-state index in [1.54, 1.807) is 0 Å². The number of nitrogens with zero attached hydrogens (tertiary/aromatic N) is 2. The minimum atomic E-state index is -3.57. The zero-order valence-corrected chi connectivity index (χ0v) is 15.4. The number of pyridine rings is 1. The number of piperidine rings is 1. The van der Waals surface area contributed by atoms with E-state index in [9.17, 15) is 12.8 Å². The molecule has 2 aliphatic rings. The van der Waals surface area contributed by atoms with E-state index in [0.717, 1.165) is 19.3 Å². The van der Waals surface area contributed by atoms with Gasteiger partial charge in [-0.1, -0.05) is 0 Å². The molecule has 1 aromatic heterocycles. The summed E-state index contributed by atoms with van der Waals surface area (Å²) in [6.07, 6.45) is 4.51. The maximum atomic E-state index is 12.8. The van der Waals surface area contributed by atoms with Crippen molar-refractivity contribution < 1.29 is 17.5 Å². The van der Waals surface area contributed by atoms with Crippen molar-refractivity contribution in [3.63, 3.8) is 0 Å². The predicted octanol–water partition coefficient (Wildman–Crippen LogP) is 1.02. The first-order valence-corrected chi connectivity index (χ1v) is 10.2. The molecule has 144 valence electrons. The lowest BCUT2D eigenvalue weighted by atomic mass is 9.92. The van der Waals surface area contributed by atoms with Crippen molar-refractivity contribution in [2.45, 2.75) is 24.2 Å². The maximum absolute atomic E-state index is 12.8. The van der Waals surface area contributed by atoms with Gasteiger partial charge in [0, 0.05) is 31.3 Å². The van der Waals surface area contributed by atoms with Gasteiger partial charge >= 0.3 is 0 Å².